The van der Waals surface area contributed by atoms with Crippen LogP contribution >= 0.6 is 0 Å². The molecule has 5 heteroatoms. The van der Waals surface area contributed by atoms with Crippen molar-refractivity contribution < 1.29 is 4.79 Å². The maximum absolute atomic E-state index is 12.7. The van der Waals surface area contributed by atoms with E-state index in [4.69, 9.17) is 0 Å². The number of aryl methyl sites for hydroxylation is 3. The average Bonchev–Trinajstić information content (AvgIpc) is 2.71. The van der Waals surface area contributed by atoms with Crippen LogP contribution in [0.1, 0.15) is 49.9 Å². The minimum atomic E-state index is 0.168. The predicted octanol–water partition coefficient (Wildman–Crippen LogP) is 3.11. The molecule has 4 aliphatic rings. The summed E-state index contributed by atoms with van der Waals surface area (Å²) < 4.78 is 2.04. The van der Waals surface area contributed by atoms with Crippen LogP contribution in [0.15, 0.2) is 6.07 Å². The number of rotatable bonds is 4. The van der Waals surface area contributed by atoms with Crippen LogP contribution in [0.5, 0.6) is 0 Å². The van der Waals surface area contributed by atoms with Gasteiger partial charge in [-0.25, -0.2) is 4.79 Å². The number of hydrogen-bond acceptors (Lipinski definition) is 2. The van der Waals surface area contributed by atoms with E-state index in [-0.39, 0.29) is 6.03 Å². The van der Waals surface area contributed by atoms with Gasteiger partial charge in [0.25, 0.3) is 0 Å². The normalized spacial score (nSPS) is 31.3. The smallest absolute Gasteiger partial charge is 0.317 e. The van der Waals surface area contributed by atoms with Gasteiger partial charge < -0.3 is 10.2 Å². The maximum Gasteiger partial charge on any atom is 0.317 e. The lowest BCUT2D eigenvalue weighted by atomic mass is 9.68. The van der Waals surface area contributed by atoms with E-state index in [1.807, 2.05) is 11.6 Å². The topological polar surface area (TPSA) is 50.2 Å². The molecule has 2 amide bonds. The first-order valence-electron chi connectivity index (χ1n) is 9.64. The number of amides is 2. The van der Waals surface area contributed by atoms with Gasteiger partial charge in [-0.1, -0.05) is 0 Å². The van der Waals surface area contributed by atoms with Gasteiger partial charge >= 0.3 is 6.03 Å². The lowest BCUT2D eigenvalue weighted by Crippen LogP contribution is -2.47. The molecule has 2 saturated heterocycles. The molecule has 2 saturated carbocycles. The number of carbonyl (C=O) groups is 1. The van der Waals surface area contributed by atoms with Gasteiger partial charge in [-0.15, -0.1) is 0 Å². The fourth-order valence-corrected chi connectivity index (χ4v) is 5.46. The number of urea groups is 1. The number of nitrogens with one attached hydrogen (secondary N) is 1. The third-order valence-electron chi connectivity index (χ3n) is 6.29. The zero-order valence-corrected chi connectivity index (χ0v) is 15.0. The summed E-state index contributed by atoms with van der Waals surface area (Å²) in [7, 11) is 0. The molecule has 24 heavy (non-hydrogen) atoms. The summed E-state index contributed by atoms with van der Waals surface area (Å²) in [5.41, 5.74) is 2.26. The summed E-state index contributed by atoms with van der Waals surface area (Å²) in [6.07, 6.45) is 7.55. The van der Waals surface area contributed by atoms with Gasteiger partial charge in [-0.3, -0.25) is 4.68 Å². The van der Waals surface area contributed by atoms with E-state index in [1.54, 1.807) is 0 Å². The molecule has 0 spiro atoms. The largest absolute Gasteiger partial charge is 0.338 e. The Hall–Kier alpha value is -1.52. The molecular weight excluding hydrogens is 300 g/mol. The number of aromatic nitrogens is 2. The Morgan fingerprint density at radius 2 is 1.88 bits per heavy atom. The summed E-state index contributed by atoms with van der Waals surface area (Å²) in [4.78, 5) is 14.9. The number of fused-ring (bicyclic) bond motifs is 1. The molecule has 2 aliphatic heterocycles. The molecule has 5 rings (SSSR count). The first kappa shape index (κ1) is 16.0. The molecule has 3 heterocycles. The Balaban J connectivity index is 1.28. The highest BCUT2D eigenvalue weighted by atomic mass is 16.2. The second-order valence-electron chi connectivity index (χ2n) is 8.32. The highest BCUT2D eigenvalue weighted by Crippen LogP contribution is 2.47. The van der Waals surface area contributed by atoms with Crippen molar-refractivity contribution in [1.82, 2.24) is 20.0 Å². The van der Waals surface area contributed by atoms with Crippen LogP contribution in [0, 0.1) is 31.6 Å². The molecule has 2 aliphatic carbocycles. The summed E-state index contributed by atoms with van der Waals surface area (Å²) in [6, 6.07) is 2.76. The Kier molecular flexibility index (Phi) is 4.27. The third-order valence-corrected chi connectivity index (χ3v) is 6.29. The monoisotopic (exact) mass is 330 g/mol. The van der Waals surface area contributed by atoms with Crippen molar-refractivity contribution in [3.05, 3.63) is 17.5 Å². The summed E-state index contributed by atoms with van der Waals surface area (Å²) >= 11 is 0. The second-order valence-corrected chi connectivity index (χ2v) is 8.32. The quantitative estimate of drug-likeness (QED) is 0.863. The van der Waals surface area contributed by atoms with E-state index in [9.17, 15) is 4.79 Å². The molecule has 4 fully saturated rings. The molecule has 1 aromatic rings. The summed E-state index contributed by atoms with van der Waals surface area (Å²) in [5.74, 6) is 2.52. The minimum absolute atomic E-state index is 0.168. The molecule has 0 radical (unpaired) electrons. The summed E-state index contributed by atoms with van der Waals surface area (Å²) in [5, 5.41) is 7.64. The zero-order chi connectivity index (χ0) is 16.7. The van der Waals surface area contributed by atoms with Crippen LogP contribution in [0.4, 0.5) is 4.79 Å². The van der Waals surface area contributed by atoms with Gasteiger partial charge in [0.1, 0.15) is 0 Å². The Morgan fingerprint density at radius 3 is 2.54 bits per heavy atom. The van der Waals surface area contributed by atoms with E-state index in [0.29, 0.717) is 6.04 Å². The Bertz CT molecular complexity index is 597. The first-order chi connectivity index (χ1) is 11.6. The van der Waals surface area contributed by atoms with Gasteiger partial charge in [0.05, 0.1) is 5.69 Å². The molecule has 0 aromatic carbocycles. The molecule has 2 atom stereocenters. The van der Waals surface area contributed by atoms with Crippen LogP contribution in [0.2, 0.25) is 0 Å². The molecule has 5 nitrogen and oxygen atoms in total. The van der Waals surface area contributed by atoms with Crippen LogP contribution in [0.3, 0.4) is 0 Å². The fourth-order valence-electron chi connectivity index (χ4n) is 5.46. The fraction of sp³-hybridized carbons (Fsp3) is 0.789. The number of hydrogen-bond donors (Lipinski definition) is 1. The van der Waals surface area contributed by atoms with Crippen molar-refractivity contribution in [2.24, 2.45) is 17.8 Å². The van der Waals surface area contributed by atoms with Crippen LogP contribution in [-0.2, 0) is 6.54 Å². The first-order valence-corrected chi connectivity index (χ1v) is 9.64. The van der Waals surface area contributed by atoms with Crippen molar-refractivity contribution in [2.45, 2.75) is 65.0 Å². The molecule has 1 aromatic heterocycles. The lowest BCUT2D eigenvalue weighted by Gasteiger charge is -2.38. The predicted molar refractivity (Wildman–Crippen MR) is 93.8 cm³/mol. The Morgan fingerprint density at radius 1 is 1.17 bits per heavy atom. The summed E-state index contributed by atoms with van der Waals surface area (Å²) in [6.45, 7) is 6.70. The van der Waals surface area contributed by atoms with Gasteiger partial charge in [-0.05, 0) is 76.2 Å². The van der Waals surface area contributed by atoms with E-state index in [2.05, 4.69) is 28.3 Å². The third kappa shape index (κ3) is 3.17. The van der Waals surface area contributed by atoms with Gasteiger partial charge in [0.2, 0.25) is 0 Å². The maximum atomic E-state index is 12.7. The van der Waals surface area contributed by atoms with Crippen molar-refractivity contribution >= 4 is 6.03 Å². The van der Waals surface area contributed by atoms with Gasteiger partial charge in [-0.2, -0.15) is 5.10 Å². The van der Waals surface area contributed by atoms with Crippen molar-refractivity contribution in [3.8, 4) is 0 Å². The van der Waals surface area contributed by atoms with Gasteiger partial charge in [0.15, 0.2) is 0 Å². The molecule has 2 unspecified atom stereocenters. The van der Waals surface area contributed by atoms with E-state index in [0.717, 1.165) is 49.5 Å². The van der Waals surface area contributed by atoms with Gasteiger partial charge in [0, 0.05) is 31.4 Å². The Labute approximate surface area is 144 Å². The van der Waals surface area contributed by atoms with Crippen LogP contribution < -0.4 is 5.32 Å². The van der Waals surface area contributed by atoms with Crippen molar-refractivity contribution in [3.63, 3.8) is 0 Å². The van der Waals surface area contributed by atoms with Crippen molar-refractivity contribution in [2.75, 3.05) is 13.1 Å². The van der Waals surface area contributed by atoms with Crippen LogP contribution in [-0.4, -0.2) is 39.8 Å². The second kappa shape index (κ2) is 6.41. The molecule has 132 valence electrons. The zero-order valence-electron chi connectivity index (χ0n) is 15.0. The molecule has 4 bridgehead atoms. The van der Waals surface area contributed by atoms with E-state index < -0.39 is 0 Å². The standard InChI is InChI=1S/C19H30N4O/c1-13-6-14(2)23(21-13)5-3-4-20-19(24)22-12-17-8-15-7-16(9-17)11-18(22)10-15/h6,15-18H,3-5,7-12H2,1-2H3,(H,20,24). The average molecular weight is 330 g/mol. The SMILES string of the molecule is Cc1cc(C)n(CCCNC(=O)N2CC3CC4CC(C3)CC2C4)n1. The highest BCUT2D eigenvalue weighted by molar-refractivity contribution is 5.74. The number of nitrogens with zero attached hydrogens (tertiary/aromatic N) is 3. The highest BCUT2D eigenvalue weighted by Gasteiger charge is 2.43. The van der Waals surface area contributed by atoms with E-state index in [1.165, 1.54) is 37.8 Å². The molecular formula is C19H30N4O. The minimum Gasteiger partial charge on any atom is -0.338 e. The van der Waals surface area contributed by atoms with Crippen LogP contribution in [0.25, 0.3) is 0 Å². The van der Waals surface area contributed by atoms with Crippen molar-refractivity contribution in [1.29, 1.82) is 0 Å². The number of carbonyl (C=O) groups excluding carboxylic acids is 1. The lowest BCUT2D eigenvalue weighted by molar-refractivity contribution is 0.131. The molecule has 1 N–H and O–H groups in total. The van der Waals surface area contributed by atoms with E-state index >= 15 is 0 Å².